The second-order valence-corrected chi connectivity index (χ2v) is 6.88. The first-order valence-electron chi connectivity index (χ1n) is 7.79. The minimum absolute atomic E-state index is 0.0428. The number of hydrogen-bond donors (Lipinski definition) is 2. The van der Waals surface area contributed by atoms with E-state index < -0.39 is 0 Å². The molecule has 0 saturated heterocycles. The molecule has 2 N–H and O–H groups in total. The molecule has 126 valence electrons. The molecule has 0 spiro atoms. The Morgan fingerprint density at radius 1 is 1.22 bits per heavy atom. The van der Waals surface area contributed by atoms with Gasteiger partial charge >= 0.3 is 0 Å². The molecule has 23 heavy (non-hydrogen) atoms. The Labute approximate surface area is 142 Å². The number of carbonyl (C=O) groups excluding carboxylic acids is 2. The van der Waals surface area contributed by atoms with Crippen molar-refractivity contribution in [3.8, 4) is 0 Å². The highest BCUT2D eigenvalue weighted by Crippen LogP contribution is 2.40. The molecule has 1 aliphatic carbocycles. The van der Waals surface area contributed by atoms with Crippen molar-refractivity contribution in [1.82, 2.24) is 10.2 Å². The minimum atomic E-state index is -0.258. The third-order valence-corrected chi connectivity index (χ3v) is 4.30. The van der Waals surface area contributed by atoms with Gasteiger partial charge in [-0.05, 0) is 51.6 Å². The zero-order valence-electron chi connectivity index (χ0n) is 14.1. The van der Waals surface area contributed by atoms with E-state index in [-0.39, 0.29) is 23.7 Å². The van der Waals surface area contributed by atoms with E-state index in [2.05, 4.69) is 10.6 Å². The molecule has 1 aliphatic rings. The first-order valence-corrected chi connectivity index (χ1v) is 8.17. The Kier molecular flexibility index (Phi) is 5.65. The van der Waals surface area contributed by atoms with Crippen LogP contribution in [0.5, 0.6) is 0 Å². The normalized spacial score (nSPS) is 19.6. The number of nitrogens with one attached hydrogen (secondary N) is 2. The molecule has 6 heteroatoms. The van der Waals surface area contributed by atoms with Gasteiger partial charge in [-0.25, -0.2) is 0 Å². The fraction of sp³-hybridized carbons (Fsp3) is 0.529. The number of anilines is 1. The minimum Gasteiger partial charge on any atom is -0.355 e. The first-order chi connectivity index (χ1) is 10.8. The largest absolute Gasteiger partial charge is 0.355 e. The average molecular weight is 338 g/mol. The summed E-state index contributed by atoms with van der Waals surface area (Å²) in [5.41, 5.74) is 2.62. The van der Waals surface area contributed by atoms with Gasteiger partial charge in [0.25, 0.3) is 0 Å². The molecular formula is C17H24ClN3O2. The van der Waals surface area contributed by atoms with Gasteiger partial charge in [0.05, 0.1) is 22.5 Å². The number of benzene rings is 1. The molecule has 2 atom stereocenters. The van der Waals surface area contributed by atoms with Crippen molar-refractivity contribution in [2.45, 2.75) is 20.3 Å². The van der Waals surface area contributed by atoms with Crippen LogP contribution >= 0.6 is 11.6 Å². The standard InChI is InChI=1S/C17H24ClN3O2/c1-10-7-11(2)15(14(18)8-10)20-17(23)13-9-12(13)16(22)19-5-6-21(3)4/h7-8,12-13H,5-6,9H2,1-4H3,(H,19,22)(H,20,23). The Morgan fingerprint density at radius 3 is 2.48 bits per heavy atom. The van der Waals surface area contributed by atoms with Gasteiger partial charge < -0.3 is 15.5 Å². The molecule has 0 aliphatic heterocycles. The van der Waals surface area contributed by atoms with E-state index in [0.717, 1.165) is 17.7 Å². The van der Waals surface area contributed by atoms with Crippen LogP contribution < -0.4 is 10.6 Å². The summed E-state index contributed by atoms with van der Waals surface area (Å²) >= 11 is 6.20. The van der Waals surface area contributed by atoms with E-state index in [4.69, 9.17) is 11.6 Å². The van der Waals surface area contributed by atoms with Gasteiger partial charge in [0, 0.05) is 13.1 Å². The maximum Gasteiger partial charge on any atom is 0.228 e. The molecule has 5 nitrogen and oxygen atoms in total. The number of nitrogens with zero attached hydrogens (tertiary/aromatic N) is 1. The van der Waals surface area contributed by atoms with Crippen molar-refractivity contribution in [2.24, 2.45) is 11.8 Å². The summed E-state index contributed by atoms with van der Waals surface area (Å²) < 4.78 is 0. The van der Waals surface area contributed by atoms with Crippen molar-refractivity contribution >= 4 is 29.1 Å². The van der Waals surface area contributed by atoms with E-state index in [1.165, 1.54) is 0 Å². The second kappa shape index (κ2) is 7.32. The summed E-state index contributed by atoms with van der Waals surface area (Å²) in [5, 5.41) is 6.27. The molecule has 1 saturated carbocycles. The topological polar surface area (TPSA) is 61.4 Å². The van der Waals surface area contributed by atoms with Crippen molar-refractivity contribution in [3.05, 3.63) is 28.3 Å². The average Bonchev–Trinajstić information content (AvgIpc) is 3.22. The fourth-order valence-corrected chi connectivity index (χ4v) is 2.97. The molecule has 0 aromatic heterocycles. The Hall–Kier alpha value is -1.59. The Morgan fingerprint density at radius 2 is 1.87 bits per heavy atom. The van der Waals surface area contributed by atoms with Crippen LogP contribution in [0, 0.1) is 25.7 Å². The molecule has 0 heterocycles. The second-order valence-electron chi connectivity index (χ2n) is 6.47. The van der Waals surface area contributed by atoms with E-state index in [0.29, 0.717) is 23.7 Å². The first kappa shape index (κ1) is 17.8. The smallest absolute Gasteiger partial charge is 0.228 e. The summed E-state index contributed by atoms with van der Waals surface area (Å²) in [6, 6.07) is 3.79. The number of halogens is 1. The summed E-state index contributed by atoms with van der Waals surface area (Å²) in [6.07, 6.45) is 0.599. The molecule has 0 radical (unpaired) electrons. The lowest BCUT2D eigenvalue weighted by Crippen LogP contribution is -2.33. The lowest BCUT2D eigenvalue weighted by atomic mass is 10.1. The zero-order valence-corrected chi connectivity index (χ0v) is 14.8. The third kappa shape index (κ3) is 4.69. The summed E-state index contributed by atoms with van der Waals surface area (Å²) in [5.74, 6) is -0.654. The third-order valence-electron chi connectivity index (χ3n) is 4.00. The number of aryl methyl sites for hydroxylation is 2. The fourth-order valence-electron chi connectivity index (χ4n) is 2.60. The van der Waals surface area contributed by atoms with Crippen molar-refractivity contribution in [2.75, 3.05) is 32.5 Å². The Bertz CT molecular complexity index is 593. The van der Waals surface area contributed by atoms with Gasteiger partial charge in [-0.1, -0.05) is 17.7 Å². The van der Waals surface area contributed by atoms with Crippen LogP contribution in [0.3, 0.4) is 0 Å². The van der Waals surface area contributed by atoms with E-state index in [1.54, 1.807) is 0 Å². The van der Waals surface area contributed by atoms with Gasteiger partial charge in [-0.3, -0.25) is 9.59 Å². The molecule has 0 bridgehead atoms. The lowest BCUT2D eigenvalue weighted by molar-refractivity contribution is -0.125. The van der Waals surface area contributed by atoms with Crippen LogP contribution in [-0.2, 0) is 9.59 Å². The van der Waals surface area contributed by atoms with Crippen molar-refractivity contribution < 1.29 is 9.59 Å². The SMILES string of the molecule is Cc1cc(C)c(NC(=O)C2CC2C(=O)NCCN(C)C)c(Cl)c1. The van der Waals surface area contributed by atoms with E-state index in [1.807, 2.05) is 45.0 Å². The quantitative estimate of drug-likeness (QED) is 0.836. The van der Waals surface area contributed by atoms with Gasteiger partial charge in [0.2, 0.25) is 11.8 Å². The van der Waals surface area contributed by atoms with Gasteiger partial charge in [-0.15, -0.1) is 0 Å². The van der Waals surface area contributed by atoms with Gasteiger partial charge in [-0.2, -0.15) is 0 Å². The summed E-state index contributed by atoms with van der Waals surface area (Å²) in [6.45, 7) is 5.25. The van der Waals surface area contributed by atoms with Crippen LogP contribution in [0.2, 0.25) is 5.02 Å². The predicted octanol–water partition coefficient (Wildman–Crippen LogP) is 2.21. The van der Waals surface area contributed by atoms with E-state index >= 15 is 0 Å². The van der Waals surface area contributed by atoms with Crippen LogP contribution in [0.25, 0.3) is 0 Å². The summed E-state index contributed by atoms with van der Waals surface area (Å²) in [4.78, 5) is 26.3. The zero-order chi connectivity index (χ0) is 17.1. The molecular weight excluding hydrogens is 314 g/mol. The highest BCUT2D eigenvalue weighted by atomic mass is 35.5. The van der Waals surface area contributed by atoms with Crippen LogP contribution in [0.4, 0.5) is 5.69 Å². The molecule has 1 aromatic rings. The lowest BCUT2D eigenvalue weighted by Gasteiger charge is -2.12. The molecule has 2 unspecified atom stereocenters. The number of carbonyl (C=O) groups is 2. The van der Waals surface area contributed by atoms with Crippen LogP contribution in [-0.4, -0.2) is 43.9 Å². The van der Waals surface area contributed by atoms with Crippen LogP contribution in [0.15, 0.2) is 12.1 Å². The highest BCUT2D eigenvalue weighted by Gasteiger charge is 2.48. The van der Waals surface area contributed by atoms with Gasteiger partial charge in [0.1, 0.15) is 0 Å². The number of amides is 2. The maximum atomic E-state index is 12.3. The predicted molar refractivity (Wildman–Crippen MR) is 92.7 cm³/mol. The number of likely N-dealkylation sites (N-methyl/N-ethyl adjacent to an activating group) is 1. The molecule has 1 fully saturated rings. The van der Waals surface area contributed by atoms with Crippen LogP contribution in [0.1, 0.15) is 17.5 Å². The summed E-state index contributed by atoms with van der Waals surface area (Å²) in [7, 11) is 3.90. The van der Waals surface area contributed by atoms with E-state index in [9.17, 15) is 9.59 Å². The number of rotatable bonds is 6. The van der Waals surface area contributed by atoms with Crippen molar-refractivity contribution in [3.63, 3.8) is 0 Å². The maximum absolute atomic E-state index is 12.3. The monoisotopic (exact) mass is 337 g/mol. The van der Waals surface area contributed by atoms with Gasteiger partial charge in [0.15, 0.2) is 0 Å². The number of hydrogen-bond acceptors (Lipinski definition) is 3. The van der Waals surface area contributed by atoms with Crippen molar-refractivity contribution in [1.29, 1.82) is 0 Å². The molecule has 2 amide bonds. The molecule has 2 rings (SSSR count). The Balaban J connectivity index is 1.88. The molecule has 1 aromatic carbocycles. The highest BCUT2D eigenvalue weighted by molar-refractivity contribution is 6.34.